The SMILES string of the molecule is C=Cc1cccc(C=C)c1CC. The average Bonchev–Trinajstić information content (AvgIpc) is 2.16. The van der Waals surface area contributed by atoms with E-state index in [9.17, 15) is 0 Å². The number of hydrogen-bond acceptors (Lipinski definition) is 0. The first-order valence-corrected chi connectivity index (χ1v) is 4.20. The van der Waals surface area contributed by atoms with E-state index in [1.165, 1.54) is 16.7 Å². The third-order valence-corrected chi connectivity index (χ3v) is 2.04. The zero-order valence-electron chi connectivity index (χ0n) is 7.51. The van der Waals surface area contributed by atoms with Crippen molar-refractivity contribution in [2.75, 3.05) is 0 Å². The van der Waals surface area contributed by atoms with E-state index in [0.29, 0.717) is 0 Å². The quantitative estimate of drug-likeness (QED) is 0.631. The molecule has 1 rings (SSSR count). The van der Waals surface area contributed by atoms with Crippen LogP contribution in [0.2, 0.25) is 0 Å². The molecule has 0 saturated carbocycles. The highest BCUT2D eigenvalue weighted by Gasteiger charge is 1.99. The smallest absolute Gasteiger partial charge is 0.0225 e. The van der Waals surface area contributed by atoms with Gasteiger partial charge in [0.25, 0.3) is 0 Å². The van der Waals surface area contributed by atoms with Crippen LogP contribution in [0.3, 0.4) is 0 Å². The highest BCUT2D eigenvalue weighted by atomic mass is 14.0. The van der Waals surface area contributed by atoms with Crippen molar-refractivity contribution in [1.29, 1.82) is 0 Å². The van der Waals surface area contributed by atoms with Gasteiger partial charge in [-0.25, -0.2) is 0 Å². The lowest BCUT2D eigenvalue weighted by atomic mass is 9.99. The standard InChI is InChI=1S/C12H14/c1-4-10-8-7-9-11(5-2)12(10)6-3/h4-5,7-9H,1-2,6H2,3H3. The summed E-state index contributed by atoms with van der Waals surface area (Å²) in [4.78, 5) is 0. The topological polar surface area (TPSA) is 0 Å². The van der Waals surface area contributed by atoms with E-state index in [1.54, 1.807) is 0 Å². The molecule has 0 radical (unpaired) electrons. The molecule has 0 saturated heterocycles. The molecule has 1 aromatic rings. The number of rotatable bonds is 3. The highest BCUT2D eigenvalue weighted by molar-refractivity contribution is 5.62. The van der Waals surface area contributed by atoms with E-state index in [1.807, 2.05) is 18.2 Å². The summed E-state index contributed by atoms with van der Waals surface area (Å²) in [6.07, 6.45) is 4.82. The largest absolute Gasteiger partial charge is 0.0985 e. The van der Waals surface area contributed by atoms with Crippen LogP contribution < -0.4 is 0 Å². The van der Waals surface area contributed by atoms with Gasteiger partial charge in [-0.05, 0) is 23.1 Å². The van der Waals surface area contributed by atoms with Gasteiger partial charge in [-0.1, -0.05) is 50.4 Å². The zero-order chi connectivity index (χ0) is 8.97. The van der Waals surface area contributed by atoms with Crippen LogP contribution in [-0.2, 0) is 6.42 Å². The third kappa shape index (κ3) is 1.48. The average molecular weight is 158 g/mol. The van der Waals surface area contributed by atoms with E-state index >= 15 is 0 Å². The maximum absolute atomic E-state index is 3.78. The van der Waals surface area contributed by atoms with Crippen LogP contribution in [0.15, 0.2) is 31.4 Å². The molecule has 0 heteroatoms. The monoisotopic (exact) mass is 158 g/mol. The Balaban J connectivity index is 3.30. The van der Waals surface area contributed by atoms with Crippen LogP contribution in [0.5, 0.6) is 0 Å². The van der Waals surface area contributed by atoms with Crippen molar-refractivity contribution in [3.05, 3.63) is 48.0 Å². The molecule has 12 heavy (non-hydrogen) atoms. The summed E-state index contributed by atoms with van der Waals surface area (Å²) < 4.78 is 0. The molecule has 0 heterocycles. The molecule has 62 valence electrons. The molecule has 0 aromatic heterocycles. The van der Waals surface area contributed by atoms with Crippen LogP contribution >= 0.6 is 0 Å². The Morgan fingerprint density at radius 2 is 1.67 bits per heavy atom. The number of benzene rings is 1. The van der Waals surface area contributed by atoms with Gasteiger partial charge in [0.05, 0.1) is 0 Å². The summed E-state index contributed by atoms with van der Waals surface area (Å²) in [6.45, 7) is 9.71. The second-order valence-corrected chi connectivity index (χ2v) is 2.68. The fraction of sp³-hybridized carbons (Fsp3) is 0.167. The maximum atomic E-state index is 3.78. The molecular weight excluding hydrogens is 144 g/mol. The van der Waals surface area contributed by atoms with Gasteiger partial charge >= 0.3 is 0 Å². The van der Waals surface area contributed by atoms with Gasteiger partial charge < -0.3 is 0 Å². The molecule has 0 aliphatic heterocycles. The minimum atomic E-state index is 1.03. The first-order chi connectivity index (χ1) is 5.83. The zero-order valence-corrected chi connectivity index (χ0v) is 7.51. The Morgan fingerprint density at radius 3 is 2.00 bits per heavy atom. The minimum Gasteiger partial charge on any atom is -0.0985 e. The Labute approximate surface area is 74.2 Å². The van der Waals surface area contributed by atoms with Gasteiger partial charge in [0.1, 0.15) is 0 Å². The van der Waals surface area contributed by atoms with Gasteiger partial charge in [-0.3, -0.25) is 0 Å². The molecule has 0 unspecified atom stereocenters. The molecule has 0 nitrogen and oxygen atoms in total. The summed E-state index contributed by atoms with van der Waals surface area (Å²) in [7, 11) is 0. The fourth-order valence-corrected chi connectivity index (χ4v) is 1.41. The summed E-state index contributed by atoms with van der Waals surface area (Å²) in [6, 6.07) is 6.20. The lowest BCUT2D eigenvalue weighted by Crippen LogP contribution is -1.89. The predicted octanol–water partition coefficient (Wildman–Crippen LogP) is 3.54. The molecule has 0 atom stereocenters. The molecule has 0 fully saturated rings. The van der Waals surface area contributed by atoms with Crippen molar-refractivity contribution in [2.24, 2.45) is 0 Å². The van der Waals surface area contributed by atoms with Crippen molar-refractivity contribution < 1.29 is 0 Å². The summed E-state index contributed by atoms with van der Waals surface area (Å²) in [5.41, 5.74) is 3.77. The third-order valence-electron chi connectivity index (χ3n) is 2.04. The van der Waals surface area contributed by atoms with E-state index in [-0.39, 0.29) is 0 Å². The Morgan fingerprint density at radius 1 is 1.17 bits per heavy atom. The van der Waals surface area contributed by atoms with Gasteiger partial charge in [0.2, 0.25) is 0 Å². The Kier molecular flexibility index (Phi) is 2.87. The van der Waals surface area contributed by atoms with E-state index in [2.05, 4.69) is 32.2 Å². The molecule has 0 N–H and O–H groups in total. The summed E-state index contributed by atoms with van der Waals surface area (Å²) in [5, 5.41) is 0. The summed E-state index contributed by atoms with van der Waals surface area (Å²) >= 11 is 0. The highest BCUT2D eigenvalue weighted by Crippen LogP contribution is 2.17. The fourth-order valence-electron chi connectivity index (χ4n) is 1.41. The van der Waals surface area contributed by atoms with Crippen LogP contribution in [0.4, 0.5) is 0 Å². The van der Waals surface area contributed by atoms with E-state index < -0.39 is 0 Å². The lowest BCUT2D eigenvalue weighted by Gasteiger charge is -2.06. The van der Waals surface area contributed by atoms with Crippen LogP contribution in [0.25, 0.3) is 12.2 Å². The van der Waals surface area contributed by atoms with E-state index in [0.717, 1.165) is 6.42 Å². The molecule has 0 aliphatic rings. The lowest BCUT2D eigenvalue weighted by molar-refractivity contribution is 1.13. The summed E-state index contributed by atoms with van der Waals surface area (Å²) in [5.74, 6) is 0. The first-order valence-electron chi connectivity index (χ1n) is 4.20. The molecular formula is C12H14. The molecule has 0 aliphatic carbocycles. The van der Waals surface area contributed by atoms with Crippen LogP contribution in [0.1, 0.15) is 23.6 Å². The molecule has 0 amide bonds. The van der Waals surface area contributed by atoms with Crippen molar-refractivity contribution >= 4 is 12.2 Å². The molecule has 0 spiro atoms. The van der Waals surface area contributed by atoms with E-state index in [4.69, 9.17) is 0 Å². The van der Waals surface area contributed by atoms with Crippen molar-refractivity contribution in [3.63, 3.8) is 0 Å². The molecule has 1 aromatic carbocycles. The second-order valence-electron chi connectivity index (χ2n) is 2.68. The van der Waals surface area contributed by atoms with Crippen LogP contribution in [-0.4, -0.2) is 0 Å². The Bertz CT molecular complexity index is 269. The number of hydrogen-bond donors (Lipinski definition) is 0. The first kappa shape index (κ1) is 8.79. The van der Waals surface area contributed by atoms with Gasteiger partial charge in [0.15, 0.2) is 0 Å². The van der Waals surface area contributed by atoms with Crippen LogP contribution in [0, 0.1) is 0 Å². The molecule has 0 bridgehead atoms. The minimum absolute atomic E-state index is 1.03. The van der Waals surface area contributed by atoms with Crippen molar-refractivity contribution in [3.8, 4) is 0 Å². The maximum Gasteiger partial charge on any atom is -0.0225 e. The van der Waals surface area contributed by atoms with Crippen molar-refractivity contribution in [2.45, 2.75) is 13.3 Å². The van der Waals surface area contributed by atoms with Gasteiger partial charge in [0, 0.05) is 0 Å². The Hall–Kier alpha value is -1.30. The van der Waals surface area contributed by atoms with Gasteiger partial charge in [-0.15, -0.1) is 0 Å². The normalized spacial score (nSPS) is 9.42. The van der Waals surface area contributed by atoms with Gasteiger partial charge in [-0.2, -0.15) is 0 Å². The predicted molar refractivity (Wildman–Crippen MR) is 56.0 cm³/mol. The second kappa shape index (κ2) is 3.91. The van der Waals surface area contributed by atoms with Crippen molar-refractivity contribution in [1.82, 2.24) is 0 Å².